The van der Waals surface area contributed by atoms with Crippen molar-refractivity contribution in [3.8, 4) is 0 Å². The average Bonchev–Trinajstić information content (AvgIpc) is 3.20. The molecule has 1 atom stereocenters. The fourth-order valence-electron chi connectivity index (χ4n) is 2.60. The van der Waals surface area contributed by atoms with Crippen LogP contribution in [-0.2, 0) is 4.74 Å². The van der Waals surface area contributed by atoms with Gasteiger partial charge in [0, 0.05) is 32.3 Å². The predicted molar refractivity (Wildman–Crippen MR) is 74.6 cm³/mol. The molecule has 0 amide bonds. The van der Waals surface area contributed by atoms with Crippen molar-refractivity contribution in [1.82, 2.24) is 4.90 Å². The molecule has 0 spiro atoms. The van der Waals surface area contributed by atoms with Crippen LogP contribution in [0.1, 0.15) is 30.0 Å². The van der Waals surface area contributed by atoms with Gasteiger partial charge in [-0.25, -0.2) is 0 Å². The molecule has 3 nitrogen and oxygen atoms in total. The van der Waals surface area contributed by atoms with Gasteiger partial charge in [-0.05, 0) is 30.9 Å². The van der Waals surface area contributed by atoms with Crippen molar-refractivity contribution in [3.05, 3.63) is 35.4 Å². The first-order chi connectivity index (χ1) is 8.77. The number of nitrogens with zero attached hydrogens (tertiary/aromatic N) is 1. The minimum absolute atomic E-state index is 0.328. The van der Waals surface area contributed by atoms with Crippen molar-refractivity contribution in [1.29, 1.82) is 0 Å². The van der Waals surface area contributed by atoms with E-state index >= 15 is 0 Å². The number of ether oxygens (including phenoxy) is 1. The van der Waals surface area contributed by atoms with Gasteiger partial charge in [0.15, 0.2) is 0 Å². The molecule has 1 aromatic rings. The Morgan fingerprint density at radius 2 is 2.11 bits per heavy atom. The van der Waals surface area contributed by atoms with Crippen LogP contribution in [-0.4, -0.2) is 37.7 Å². The summed E-state index contributed by atoms with van der Waals surface area (Å²) < 4.78 is 5.23. The molecular formula is C15H24N2O. The van der Waals surface area contributed by atoms with Gasteiger partial charge in [0.25, 0.3) is 0 Å². The van der Waals surface area contributed by atoms with Gasteiger partial charge < -0.3 is 10.5 Å². The molecule has 0 heterocycles. The first-order valence-corrected chi connectivity index (χ1v) is 6.78. The van der Waals surface area contributed by atoms with Gasteiger partial charge in [0.1, 0.15) is 0 Å². The number of hydrogen-bond donors (Lipinski definition) is 1. The highest BCUT2D eigenvalue weighted by Gasteiger charge is 2.34. The smallest absolute Gasteiger partial charge is 0.0590 e. The van der Waals surface area contributed by atoms with Crippen LogP contribution in [0.15, 0.2) is 24.3 Å². The fraction of sp³-hybridized carbons (Fsp3) is 0.600. The predicted octanol–water partition coefficient (Wildman–Crippen LogP) is 2.11. The third-order valence-corrected chi connectivity index (χ3v) is 3.74. The first kappa shape index (κ1) is 13.5. The summed E-state index contributed by atoms with van der Waals surface area (Å²) in [5.41, 5.74) is 8.72. The molecule has 1 aromatic carbocycles. The Hall–Kier alpha value is -0.900. The highest BCUT2D eigenvalue weighted by atomic mass is 16.5. The minimum atomic E-state index is 0.328. The maximum absolute atomic E-state index is 6.03. The lowest BCUT2D eigenvalue weighted by atomic mass is 10.00. The molecule has 1 unspecified atom stereocenters. The monoisotopic (exact) mass is 248 g/mol. The molecule has 1 aliphatic carbocycles. The molecule has 1 saturated carbocycles. The normalized spacial score (nSPS) is 17.1. The third kappa shape index (κ3) is 3.10. The second kappa shape index (κ2) is 6.32. The Morgan fingerprint density at radius 3 is 2.67 bits per heavy atom. The molecule has 0 aromatic heterocycles. The van der Waals surface area contributed by atoms with Crippen LogP contribution < -0.4 is 5.73 Å². The largest absolute Gasteiger partial charge is 0.383 e. The Morgan fingerprint density at radius 1 is 1.39 bits per heavy atom. The van der Waals surface area contributed by atoms with Crippen LogP contribution in [0.4, 0.5) is 0 Å². The second-order valence-electron chi connectivity index (χ2n) is 5.07. The molecule has 0 aliphatic heterocycles. The quantitative estimate of drug-likeness (QED) is 0.803. The highest BCUT2D eigenvalue weighted by molar-refractivity contribution is 5.29. The summed E-state index contributed by atoms with van der Waals surface area (Å²) in [5, 5.41) is 0. The van der Waals surface area contributed by atoms with E-state index in [-0.39, 0.29) is 0 Å². The van der Waals surface area contributed by atoms with Gasteiger partial charge in [0.2, 0.25) is 0 Å². The van der Waals surface area contributed by atoms with Gasteiger partial charge in [-0.15, -0.1) is 0 Å². The average molecular weight is 248 g/mol. The van der Waals surface area contributed by atoms with E-state index < -0.39 is 0 Å². The number of benzene rings is 1. The topological polar surface area (TPSA) is 38.5 Å². The zero-order valence-corrected chi connectivity index (χ0v) is 11.4. The van der Waals surface area contributed by atoms with Crippen molar-refractivity contribution < 1.29 is 4.74 Å². The Bertz CT molecular complexity index is 377. The number of hydrogen-bond acceptors (Lipinski definition) is 3. The van der Waals surface area contributed by atoms with Gasteiger partial charge in [-0.3, -0.25) is 4.90 Å². The van der Waals surface area contributed by atoms with E-state index in [0.29, 0.717) is 18.6 Å². The standard InChI is InChI=1S/C15H24N2O/c1-12-5-3-4-6-14(12)15(11-16)17(9-10-18-2)13-7-8-13/h3-6,13,15H,7-11,16H2,1-2H3. The van der Waals surface area contributed by atoms with E-state index in [1.165, 1.54) is 24.0 Å². The fourth-order valence-corrected chi connectivity index (χ4v) is 2.60. The van der Waals surface area contributed by atoms with Gasteiger partial charge >= 0.3 is 0 Å². The lowest BCUT2D eigenvalue weighted by molar-refractivity contribution is 0.115. The van der Waals surface area contributed by atoms with Crippen molar-refractivity contribution in [3.63, 3.8) is 0 Å². The van der Waals surface area contributed by atoms with Crippen LogP contribution in [0, 0.1) is 6.92 Å². The Kier molecular flexibility index (Phi) is 4.75. The molecule has 0 bridgehead atoms. The number of rotatable bonds is 7. The van der Waals surface area contributed by atoms with Crippen LogP contribution in [0.3, 0.4) is 0 Å². The summed E-state index contributed by atoms with van der Waals surface area (Å²) in [6, 6.07) is 9.59. The van der Waals surface area contributed by atoms with Gasteiger partial charge in [-0.1, -0.05) is 24.3 Å². The van der Waals surface area contributed by atoms with E-state index in [4.69, 9.17) is 10.5 Å². The van der Waals surface area contributed by atoms with E-state index in [1.807, 2.05) is 0 Å². The molecule has 1 aliphatic rings. The Labute approximate surface area is 110 Å². The maximum atomic E-state index is 6.03. The summed E-state index contributed by atoms with van der Waals surface area (Å²) >= 11 is 0. The molecule has 2 N–H and O–H groups in total. The second-order valence-corrected chi connectivity index (χ2v) is 5.07. The molecule has 3 heteroatoms. The molecular weight excluding hydrogens is 224 g/mol. The van der Waals surface area contributed by atoms with Crippen LogP contribution >= 0.6 is 0 Å². The summed E-state index contributed by atoms with van der Waals surface area (Å²) in [6.07, 6.45) is 2.60. The summed E-state index contributed by atoms with van der Waals surface area (Å²) in [6.45, 7) is 4.58. The summed E-state index contributed by atoms with van der Waals surface area (Å²) in [4.78, 5) is 2.52. The SMILES string of the molecule is COCCN(C1CC1)C(CN)c1ccccc1C. The van der Waals surface area contributed by atoms with Crippen molar-refractivity contribution >= 4 is 0 Å². The van der Waals surface area contributed by atoms with Crippen LogP contribution in [0.25, 0.3) is 0 Å². The zero-order valence-electron chi connectivity index (χ0n) is 11.4. The van der Waals surface area contributed by atoms with Crippen molar-refractivity contribution in [2.75, 3.05) is 26.8 Å². The third-order valence-electron chi connectivity index (χ3n) is 3.74. The Balaban J connectivity index is 2.17. The van der Waals surface area contributed by atoms with E-state index in [9.17, 15) is 0 Å². The van der Waals surface area contributed by atoms with Crippen LogP contribution in [0.5, 0.6) is 0 Å². The maximum Gasteiger partial charge on any atom is 0.0590 e. The van der Waals surface area contributed by atoms with Crippen molar-refractivity contribution in [2.24, 2.45) is 5.73 Å². The van der Waals surface area contributed by atoms with Crippen LogP contribution in [0.2, 0.25) is 0 Å². The summed E-state index contributed by atoms with van der Waals surface area (Å²) in [7, 11) is 1.76. The summed E-state index contributed by atoms with van der Waals surface area (Å²) in [5.74, 6) is 0. The molecule has 100 valence electrons. The molecule has 0 saturated heterocycles. The van der Waals surface area contributed by atoms with E-state index in [2.05, 4.69) is 36.1 Å². The first-order valence-electron chi connectivity index (χ1n) is 6.78. The van der Waals surface area contributed by atoms with E-state index in [0.717, 1.165) is 13.2 Å². The highest BCUT2D eigenvalue weighted by Crippen LogP contribution is 2.34. The lowest BCUT2D eigenvalue weighted by Gasteiger charge is -2.32. The van der Waals surface area contributed by atoms with Crippen molar-refractivity contribution in [2.45, 2.75) is 31.8 Å². The van der Waals surface area contributed by atoms with Gasteiger partial charge in [0.05, 0.1) is 6.61 Å². The number of methoxy groups -OCH3 is 1. The zero-order chi connectivity index (χ0) is 13.0. The number of aryl methyl sites for hydroxylation is 1. The van der Waals surface area contributed by atoms with Gasteiger partial charge in [-0.2, -0.15) is 0 Å². The van der Waals surface area contributed by atoms with E-state index in [1.54, 1.807) is 7.11 Å². The molecule has 0 radical (unpaired) electrons. The molecule has 1 fully saturated rings. The molecule has 18 heavy (non-hydrogen) atoms. The lowest BCUT2D eigenvalue weighted by Crippen LogP contribution is -2.38. The minimum Gasteiger partial charge on any atom is -0.383 e. The number of nitrogens with two attached hydrogens (primary N) is 1. The molecule has 2 rings (SSSR count).